The van der Waals surface area contributed by atoms with Gasteiger partial charge in [-0.3, -0.25) is 14.4 Å². The SMILES string of the molecule is Cn1cc(C(=O)C[C@H]2CCCN2C[C@H]2CCOC2)cn1. The number of ketones is 1. The van der Waals surface area contributed by atoms with Crippen LogP contribution in [-0.2, 0) is 11.8 Å². The van der Waals surface area contributed by atoms with E-state index in [1.165, 1.54) is 12.8 Å². The number of hydrogen-bond acceptors (Lipinski definition) is 4. The van der Waals surface area contributed by atoms with Crippen molar-refractivity contribution in [2.75, 3.05) is 26.3 Å². The van der Waals surface area contributed by atoms with Gasteiger partial charge in [-0.1, -0.05) is 0 Å². The summed E-state index contributed by atoms with van der Waals surface area (Å²) >= 11 is 0. The first kappa shape index (κ1) is 13.8. The van der Waals surface area contributed by atoms with Crippen molar-refractivity contribution in [3.05, 3.63) is 18.0 Å². The van der Waals surface area contributed by atoms with Gasteiger partial charge in [0, 0.05) is 38.9 Å². The number of aryl methyl sites for hydroxylation is 1. The van der Waals surface area contributed by atoms with Crippen molar-refractivity contribution in [2.24, 2.45) is 13.0 Å². The summed E-state index contributed by atoms with van der Waals surface area (Å²) in [7, 11) is 1.85. The Morgan fingerprint density at radius 2 is 2.40 bits per heavy atom. The highest BCUT2D eigenvalue weighted by molar-refractivity contribution is 5.96. The molecular formula is C15H23N3O2. The van der Waals surface area contributed by atoms with Crippen LogP contribution >= 0.6 is 0 Å². The maximum atomic E-state index is 12.3. The van der Waals surface area contributed by atoms with E-state index in [1.807, 2.05) is 13.2 Å². The molecule has 0 spiro atoms. The maximum Gasteiger partial charge on any atom is 0.167 e. The summed E-state index contributed by atoms with van der Waals surface area (Å²) < 4.78 is 7.14. The zero-order valence-corrected chi connectivity index (χ0v) is 12.1. The third-order valence-electron chi connectivity index (χ3n) is 4.46. The second-order valence-corrected chi connectivity index (χ2v) is 6.05. The van der Waals surface area contributed by atoms with Gasteiger partial charge in [0.2, 0.25) is 0 Å². The molecule has 5 heteroatoms. The number of Topliss-reactive ketones (excluding diaryl/α,β-unsaturated/α-hetero) is 1. The summed E-state index contributed by atoms with van der Waals surface area (Å²) in [4.78, 5) is 14.8. The first-order chi connectivity index (χ1) is 9.72. The minimum absolute atomic E-state index is 0.220. The van der Waals surface area contributed by atoms with Gasteiger partial charge in [0.25, 0.3) is 0 Å². The number of ether oxygens (including phenoxy) is 1. The maximum absolute atomic E-state index is 12.3. The van der Waals surface area contributed by atoms with Gasteiger partial charge >= 0.3 is 0 Å². The molecule has 0 aromatic carbocycles. The lowest BCUT2D eigenvalue weighted by Gasteiger charge is -2.26. The molecule has 110 valence electrons. The molecule has 3 heterocycles. The Kier molecular flexibility index (Phi) is 4.17. The normalized spacial score (nSPS) is 27.2. The minimum atomic E-state index is 0.220. The van der Waals surface area contributed by atoms with Crippen LogP contribution in [0.3, 0.4) is 0 Å². The van der Waals surface area contributed by atoms with Crippen LogP contribution in [0.2, 0.25) is 0 Å². The number of carbonyl (C=O) groups excluding carboxylic acids is 1. The van der Waals surface area contributed by atoms with E-state index in [4.69, 9.17) is 4.74 Å². The standard InChI is InChI=1S/C15H23N3O2/c1-17-10-13(8-16-17)15(19)7-14-3-2-5-18(14)9-12-4-6-20-11-12/h8,10,12,14H,2-7,9,11H2,1H3/t12-,14-/m1/s1. The molecule has 0 unspecified atom stereocenters. The Labute approximate surface area is 119 Å². The molecule has 1 aromatic heterocycles. The molecule has 2 aliphatic heterocycles. The first-order valence-corrected chi connectivity index (χ1v) is 7.56. The zero-order chi connectivity index (χ0) is 13.9. The Morgan fingerprint density at radius 1 is 1.50 bits per heavy atom. The molecule has 0 aliphatic carbocycles. The van der Waals surface area contributed by atoms with Crippen molar-refractivity contribution in [2.45, 2.75) is 31.7 Å². The smallest absolute Gasteiger partial charge is 0.167 e. The number of aromatic nitrogens is 2. The Hall–Kier alpha value is -1.20. The fourth-order valence-electron chi connectivity index (χ4n) is 3.32. The highest BCUT2D eigenvalue weighted by Crippen LogP contribution is 2.25. The van der Waals surface area contributed by atoms with Crippen molar-refractivity contribution >= 4 is 5.78 Å². The summed E-state index contributed by atoms with van der Waals surface area (Å²) in [6.45, 7) is 4.00. The lowest BCUT2D eigenvalue weighted by atomic mass is 10.0. The summed E-state index contributed by atoms with van der Waals surface area (Å²) in [5.41, 5.74) is 0.739. The number of likely N-dealkylation sites (tertiary alicyclic amines) is 1. The topological polar surface area (TPSA) is 47.4 Å². The van der Waals surface area contributed by atoms with E-state index in [1.54, 1.807) is 10.9 Å². The molecule has 2 fully saturated rings. The van der Waals surface area contributed by atoms with Crippen molar-refractivity contribution < 1.29 is 9.53 Å². The van der Waals surface area contributed by atoms with E-state index in [0.717, 1.165) is 38.3 Å². The predicted molar refractivity (Wildman–Crippen MR) is 75.7 cm³/mol. The monoisotopic (exact) mass is 277 g/mol. The largest absolute Gasteiger partial charge is 0.381 e. The molecule has 0 N–H and O–H groups in total. The molecule has 2 atom stereocenters. The average molecular weight is 277 g/mol. The lowest BCUT2D eigenvalue weighted by Crippen LogP contribution is -2.35. The van der Waals surface area contributed by atoms with Gasteiger partial charge < -0.3 is 4.74 Å². The molecule has 0 radical (unpaired) electrons. The molecule has 0 amide bonds. The van der Waals surface area contributed by atoms with Gasteiger partial charge in [-0.15, -0.1) is 0 Å². The summed E-state index contributed by atoms with van der Waals surface area (Å²) in [6.07, 6.45) is 7.62. The van der Waals surface area contributed by atoms with Crippen LogP contribution in [0.4, 0.5) is 0 Å². The second kappa shape index (κ2) is 6.06. The van der Waals surface area contributed by atoms with Crippen LogP contribution in [-0.4, -0.2) is 52.8 Å². The second-order valence-electron chi connectivity index (χ2n) is 6.05. The van der Waals surface area contributed by atoms with Crippen LogP contribution in [0.25, 0.3) is 0 Å². The number of hydrogen-bond donors (Lipinski definition) is 0. The molecule has 0 saturated carbocycles. The van der Waals surface area contributed by atoms with Crippen LogP contribution in [0.5, 0.6) is 0 Å². The van der Waals surface area contributed by atoms with Crippen LogP contribution in [0.15, 0.2) is 12.4 Å². The van der Waals surface area contributed by atoms with Gasteiger partial charge in [0.1, 0.15) is 0 Å². The van der Waals surface area contributed by atoms with Crippen LogP contribution in [0.1, 0.15) is 36.0 Å². The van der Waals surface area contributed by atoms with Crippen molar-refractivity contribution in [1.82, 2.24) is 14.7 Å². The average Bonchev–Trinajstić information content (AvgIpc) is 3.13. The third-order valence-corrected chi connectivity index (χ3v) is 4.46. The number of nitrogens with zero attached hydrogens (tertiary/aromatic N) is 3. The van der Waals surface area contributed by atoms with Gasteiger partial charge in [-0.2, -0.15) is 5.10 Å². The van der Waals surface area contributed by atoms with Crippen LogP contribution in [0, 0.1) is 5.92 Å². The first-order valence-electron chi connectivity index (χ1n) is 7.56. The highest BCUT2D eigenvalue weighted by Gasteiger charge is 2.30. The lowest BCUT2D eigenvalue weighted by molar-refractivity contribution is 0.0930. The van der Waals surface area contributed by atoms with E-state index in [9.17, 15) is 4.79 Å². The van der Waals surface area contributed by atoms with E-state index < -0.39 is 0 Å². The molecule has 1 aromatic rings. The van der Waals surface area contributed by atoms with E-state index in [0.29, 0.717) is 18.4 Å². The molecule has 20 heavy (non-hydrogen) atoms. The highest BCUT2D eigenvalue weighted by atomic mass is 16.5. The van der Waals surface area contributed by atoms with Gasteiger partial charge in [0.15, 0.2) is 5.78 Å². The Morgan fingerprint density at radius 3 is 3.10 bits per heavy atom. The predicted octanol–water partition coefficient (Wildman–Crippen LogP) is 1.49. The van der Waals surface area contributed by atoms with Crippen molar-refractivity contribution in [3.8, 4) is 0 Å². The molecule has 2 aliphatic rings. The van der Waals surface area contributed by atoms with E-state index >= 15 is 0 Å². The minimum Gasteiger partial charge on any atom is -0.381 e. The summed E-state index contributed by atoms with van der Waals surface area (Å²) in [5, 5.41) is 4.08. The van der Waals surface area contributed by atoms with Gasteiger partial charge in [-0.05, 0) is 31.7 Å². The molecule has 5 nitrogen and oxygen atoms in total. The fourth-order valence-corrected chi connectivity index (χ4v) is 3.32. The Bertz CT molecular complexity index is 465. The Balaban J connectivity index is 1.56. The molecule has 2 saturated heterocycles. The molecule has 3 rings (SSSR count). The fraction of sp³-hybridized carbons (Fsp3) is 0.733. The quantitative estimate of drug-likeness (QED) is 0.765. The van der Waals surface area contributed by atoms with Crippen LogP contribution < -0.4 is 0 Å². The molecular weight excluding hydrogens is 254 g/mol. The third kappa shape index (κ3) is 3.10. The number of rotatable bonds is 5. The summed E-state index contributed by atoms with van der Waals surface area (Å²) in [5.74, 6) is 0.877. The number of carbonyl (C=O) groups is 1. The van der Waals surface area contributed by atoms with Crippen molar-refractivity contribution in [1.29, 1.82) is 0 Å². The zero-order valence-electron chi connectivity index (χ0n) is 12.1. The molecule has 0 bridgehead atoms. The van der Waals surface area contributed by atoms with Gasteiger partial charge in [0.05, 0.1) is 18.4 Å². The van der Waals surface area contributed by atoms with Gasteiger partial charge in [-0.25, -0.2) is 0 Å². The summed E-state index contributed by atoms with van der Waals surface area (Å²) in [6, 6.07) is 0.406. The van der Waals surface area contributed by atoms with E-state index in [-0.39, 0.29) is 5.78 Å². The van der Waals surface area contributed by atoms with E-state index in [2.05, 4.69) is 10.00 Å². The van der Waals surface area contributed by atoms with Crippen molar-refractivity contribution in [3.63, 3.8) is 0 Å².